The van der Waals surface area contributed by atoms with Gasteiger partial charge in [0.15, 0.2) is 12.0 Å². The molecule has 1 aliphatic heterocycles. The van der Waals surface area contributed by atoms with Gasteiger partial charge in [0, 0.05) is 54.6 Å². The Balaban J connectivity index is 1.12. The third-order valence-corrected chi connectivity index (χ3v) is 9.98. The Kier molecular flexibility index (Phi) is 5.92. The molecule has 0 spiro atoms. The van der Waals surface area contributed by atoms with Crippen LogP contribution < -0.4 is 5.32 Å². The van der Waals surface area contributed by atoms with Crippen LogP contribution in [-0.2, 0) is 0 Å². The zero-order valence-corrected chi connectivity index (χ0v) is 27.1. The Bertz CT molecular complexity index is 3070. The molecule has 10 aromatic rings. The fourth-order valence-corrected chi connectivity index (χ4v) is 7.62. The molecule has 1 aliphatic rings. The molecule has 0 radical (unpaired) electrons. The van der Waals surface area contributed by atoms with Gasteiger partial charge >= 0.3 is 0 Å². The van der Waals surface area contributed by atoms with Gasteiger partial charge < -0.3 is 18.6 Å². The first-order valence-electron chi connectivity index (χ1n) is 17.0. The third kappa shape index (κ3) is 4.23. The summed E-state index contributed by atoms with van der Waals surface area (Å²) in [4.78, 5) is 10.4. The Morgan fingerprint density at radius 1 is 0.412 bits per heavy atom. The number of hydrogen-bond donors (Lipinski definition) is 1. The van der Waals surface area contributed by atoms with Crippen LogP contribution in [0, 0.1) is 0 Å². The number of fused-ring (bicyclic) bond motifs is 9. The summed E-state index contributed by atoms with van der Waals surface area (Å²) >= 11 is 0. The van der Waals surface area contributed by atoms with Crippen LogP contribution in [0.25, 0.3) is 76.9 Å². The first-order chi connectivity index (χ1) is 25.3. The van der Waals surface area contributed by atoms with E-state index in [4.69, 9.17) is 23.2 Å². The lowest BCUT2D eigenvalue weighted by Gasteiger charge is -2.23. The summed E-state index contributed by atoms with van der Waals surface area (Å²) < 4.78 is 19.8. The number of nitrogens with zero attached hydrogens (tertiary/aromatic N) is 2. The Hall–Kier alpha value is -6.92. The number of para-hydroxylation sites is 6. The Morgan fingerprint density at radius 2 is 0.902 bits per heavy atom. The smallest absolute Gasteiger partial charge is 0.163 e. The SMILES string of the molecule is c1ccc(C2=NC(c3cccc4c3oc3c(-c5cccc6c5oc5ccccc56)cccc34)=NC(c3cccc4c3oc3ccccc34)N2)cc1. The quantitative estimate of drug-likeness (QED) is 0.204. The molecule has 240 valence electrons. The van der Waals surface area contributed by atoms with Gasteiger partial charge in [0.2, 0.25) is 0 Å². The second kappa shape index (κ2) is 10.8. The normalized spacial score (nSPS) is 14.9. The van der Waals surface area contributed by atoms with Crippen molar-refractivity contribution < 1.29 is 13.3 Å². The van der Waals surface area contributed by atoms with Crippen molar-refractivity contribution in [3.05, 3.63) is 168 Å². The van der Waals surface area contributed by atoms with Crippen molar-refractivity contribution in [2.75, 3.05) is 0 Å². The fraction of sp³-hybridized carbons (Fsp3) is 0.0222. The average molecular weight is 658 g/mol. The summed E-state index contributed by atoms with van der Waals surface area (Å²) in [6.45, 7) is 0. The number of rotatable bonds is 4. The number of furan rings is 3. The maximum atomic E-state index is 6.91. The molecule has 0 aliphatic carbocycles. The molecule has 0 bridgehead atoms. The molecule has 0 saturated heterocycles. The summed E-state index contributed by atoms with van der Waals surface area (Å²) in [6, 6.07) is 51.5. The molecular formula is C45H27N3O3. The first kappa shape index (κ1) is 28.0. The Morgan fingerprint density at radius 3 is 1.59 bits per heavy atom. The lowest BCUT2D eigenvalue weighted by molar-refractivity contribution is 0.628. The van der Waals surface area contributed by atoms with E-state index in [-0.39, 0.29) is 0 Å². The number of amidine groups is 2. The van der Waals surface area contributed by atoms with Crippen LogP contribution in [0.3, 0.4) is 0 Å². The largest absolute Gasteiger partial charge is 0.456 e. The van der Waals surface area contributed by atoms with E-state index in [0.717, 1.165) is 99.5 Å². The zero-order chi connectivity index (χ0) is 33.5. The Labute approximate surface area is 291 Å². The molecule has 0 saturated carbocycles. The van der Waals surface area contributed by atoms with Crippen molar-refractivity contribution in [2.24, 2.45) is 9.98 Å². The van der Waals surface area contributed by atoms with Crippen LogP contribution in [0.4, 0.5) is 0 Å². The summed E-state index contributed by atoms with van der Waals surface area (Å²) in [5, 5.41) is 9.93. The van der Waals surface area contributed by atoms with E-state index in [1.54, 1.807) is 0 Å². The van der Waals surface area contributed by atoms with Gasteiger partial charge in [-0.3, -0.25) is 0 Å². The minimum absolute atomic E-state index is 0.460. The van der Waals surface area contributed by atoms with Crippen LogP contribution in [0.2, 0.25) is 0 Å². The number of nitrogens with one attached hydrogen (secondary N) is 1. The van der Waals surface area contributed by atoms with Crippen LogP contribution in [0.1, 0.15) is 22.9 Å². The molecule has 7 aromatic carbocycles. The van der Waals surface area contributed by atoms with Gasteiger partial charge in [0.1, 0.15) is 39.3 Å². The highest BCUT2D eigenvalue weighted by atomic mass is 16.3. The van der Waals surface area contributed by atoms with Crippen molar-refractivity contribution in [3.63, 3.8) is 0 Å². The molecule has 1 N–H and O–H groups in total. The summed E-state index contributed by atoms with van der Waals surface area (Å²) in [7, 11) is 0. The first-order valence-corrected chi connectivity index (χ1v) is 17.0. The van der Waals surface area contributed by atoms with Crippen molar-refractivity contribution in [3.8, 4) is 11.1 Å². The van der Waals surface area contributed by atoms with E-state index in [9.17, 15) is 0 Å². The van der Waals surface area contributed by atoms with Crippen LogP contribution in [0.15, 0.2) is 175 Å². The predicted octanol–water partition coefficient (Wildman–Crippen LogP) is 11.5. The topological polar surface area (TPSA) is 76.2 Å². The van der Waals surface area contributed by atoms with E-state index in [2.05, 4.69) is 96.3 Å². The molecule has 0 amide bonds. The molecule has 4 heterocycles. The summed E-state index contributed by atoms with van der Waals surface area (Å²) in [6.07, 6.45) is -0.460. The van der Waals surface area contributed by atoms with E-state index in [0.29, 0.717) is 5.84 Å². The molecular weight excluding hydrogens is 631 g/mol. The standard InChI is InChI=1S/C45H27N3O3/c1-2-12-26(13-3-1)43-46-44(35-22-10-17-30-28-15-5-7-25-38(28)50-41(30)35)48-45(47-43)36-23-11-21-34-33-20-9-19-32(40(33)51-42(34)36)31-18-8-16-29-27-14-4-6-24-37(27)49-39(29)31/h1-25,44H,(H,46,47,48). The maximum absolute atomic E-state index is 6.91. The molecule has 3 aromatic heterocycles. The zero-order valence-electron chi connectivity index (χ0n) is 27.1. The highest BCUT2D eigenvalue weighted by molar-refractivity contribution is 6.21. The number of aliphatic imine (C=N–C) groups is 2. The molecule has 0 fully saturated rings. The van der Waals surface area contributed by atoms with Crippen LogP contribution >= 0.6 is 0 Å². The number of benzene rings is 7. The van der Waals surface area contributed by atoms with Crippen molar-refractivity contribution in [1.82, 2.24) is 5.32 Å². The molecule has 6 heteroatoms. The van der Waals surface area contributed by atoms with Gasteiger partial charge in [0.25, 0.3) is 0 Å². The summed E-state index contributed by atoms with van der Waals surface area (Å²) in [5.41, 5.74) is 9.54. The van der Waals surface area contributed by atoms with Crippen LogP contribution in [-0.4, -0.2) is 11.7 Å². The lowest BCUT2D eigenvalue weighted by Crippen LogP contribution is -2.33. The second-order valence-corrected chi connectivity index (χ2v) is 12.9. The van der Waals surface area contributed by atoms with Gasteiger partial charge in [-0.05, 0) is 18.2 Å². The van der Waals surface area contributed by atoms with Gasteiger partial charge in [0.05, 0.1) is 5.56 Å². The second-order valence-electron chi connectivity index (χ2n) is 12.9. The van der Waals surface area contributed by atoms with Crippen molar-refractivity contribution in [2.45, 2.75) is 6.17 Å². The molecule has 51 heavy (non-hydrogen) atoms. The molecule has 11 rings (SSSR count). The molecule has 6 nitrogen and oxygen atoms in total. The fourth-order valence-electron chi connectivity index (χ4n) is 7.62. The van der Waals surface area contributed by atoms with Gasteiger partial charge in [-0.1, -0.05) is 133 Å². The third-order valence-electron chi connectivity index (χ3n) is 9.98. The predicted molar refractivity (Wildman–Crippen MR) is 206 cm³/mol. The van der Waals surface area contributed by atoms with Gasteiger partial charge in [-0.15, -0.1) is 0 Å². The monoisotopic (exact) mass is 657 g/mol. The minimum Gasteiger partial charge on any atom is -0.456 e. The van der Waals surface area contributed by atoms with E-state index in [1.165, 1.54) is 0 Å². The van der Waals surface area contributed by atoms with Gasteiger partial charge in [-0.25, -0.2) is 9.98 Å². The summed E-state index contributed by atoms with van der Waals surface area (Å²) in [5.74, 6) is 1.31. The minimum atomic E-state index is -0.460. The van der Waals surface area contributed by atoms with Crippen LogP contribution in [0.5, 0.6) is 0 Å². The lowest BCUT2D eigenvalue weighted by atomic mass is 9.99. The van der Waals surface area contributed by atoms with E-state index < -0.39 is 6.17 Å². The van der Waals surface area contributed by atoms with Crippen molar-refractivity contribution >= 4 is 77.5 Å². The van der Waals surface area contributed by atoms with E-state index >= 15 is 0 Å². The number of hydrogen-bond acceptors (Lipinski definition) is 6. The highest BCUT2D eigenvalue weighted by Crippen LogP contribution is 2.42. The van der Waals surface area contributed by atoms with Gasteiger partial charge in [-0.2, -0.15) is 0 Å². The van der Waals surface area contributed by atoms with E-state index in [1.807, 2.05) is 60.7 Å². The molecule has 1 unspecified atom stereocenters. The van der Waals surface area contributed by atoms with Crippen molar-refractivity contribution in [1.29, 1.82) is 0 Å². The molecule has 1 atom stereocenters. The average Bonchev–Trinajstić information content (AvgIpc) is 3.89. The highest BCUT2D eigenvalue weighted by Gasteiger charge is 2.27. The maximum Gasteiger partial charge on any atom is 0.163 e.